The molecular weight excluding hydrogens is 382 g/mol. The molecule has 0 spiro atoms. The predicted octanol–water partition coefficient (Wildman–Crippen LogP) is 1.48. The van der Waals surface area contributed by atoms with Gasteiger partial charge in [-0.1, -0.05) is 17.3 Å². The Morgan fingerprint density at radius 1 is 1.13 bits per heavy atom. The molecule has 9 nitrogen and oxygen atoms in total. The Labute approximate surface area is 174 Å². The molecule has 0 bridgehead atoms. The molecule has 1 saturated heterocycles. The normalized spacial score (nSPS) is 17.0. The van der Waals surface area contributed by atoms with Crippen LogP contribution in [-0.4, -0.2) is 61.8 Å². The summed E-state index contributed by atoms with van der Waals surface area (Å²) in [6.45, 7) is 3.06. The molecule has 1 aliphatic heterocycles. The zero-order chi connectivity index (χ0) is 20.5. The number of benzene rings is 1. The standard InChI is InChI=1S/C21H25N7O2/c1-30-19-6-2-15(3-7-19)10-27-11-16(9-23-27)8-22-21(29)20-14-28(25-24-20)18-12-26(13-18)17-4-5-17/h2-3,6-7,9,11,14,17-18H,4-5,8,10,12-13H2,1H3,(H,22,29). The number of hydrogen-bond donors (Lipinski definition) is 1. The molecule has 3 aromatic rings. The van der Waals surface area contributed by atoms with Crippen molar-refractivity contribution in [2.24, 2.45) is 0 Å². The van der Waals surface area contributed by atoms with E-state index in [0.29, 0.717) is 24.8 Å². The van der Waals surface area contributed by atoms with Gasteiger partial charge >= 0.3 is 0 Å². The molecule has 1 amide bonds. The highest BCUT2D eigenvalue weighted by molar-refractivity contribution is 5.91. The van der Waals surface area contributed by atoms with Crippen LogP contribution in [0.15, 0.2) is 42.9 Å². The Hall–Kier alpha value is -3.20. The summed E-state index contributed by atoms with van der Waals surface area (Å²) in [6, 6.07) is 8.99. The van der Waals surface area contributed by atoms with E-state index in [4.69, 9.17) is 4.74 Å². The summed E-state index contributed by atoms with van der Waals surface area (Å²) in [4.78, 5) is 14.9. The van der Waals surface area contributed by atoms with Gasteiger partial charge in [-0.05, 0) is 30.5 Å². The van der Waals surface area contributed by atoms with Crippen molar-refractivity contribution in [1.29, 1.82) is 0 Å². The molecule has 0 radical (unpaired) electrons. The Morgan fingerprint density at radius 3 is 2.67 bits per heavy atom. The van der Waals surface area contributed by atoms with Crippen LogP contribution in [0.5, 0.6) is 5.75 Å². The lowest BCUT2D eigenvalue weighted by Gasteiger charge is -2.39. The van der Waals surface area contributed by atoms with Gasteiger partial charge in [0.2, 0.25) is 0 Å². The molecule has 0 atom stereocenters. The molecule has 1 N–H and O–H groups in total. The zero-order valence-electron chi connectivity index (χ0n) is 16.9. The first kappa shape index (κ1) is 18.8. The summed E-state index contributed by atoms with van der Waals surface area (Å²) in [7, 11) is 1.65. The van der Waals surface area contributed by atoms with Gasteiger partial charge < -0.3 is 10.1 Å². The number of nitrogens with zero attached hydrogens (tertiary/aromatic N) is 6. The smallest absolute Gasteiger partial charge is 0.273 e. The molecule has 2 aliphatic rings. The maximum Gasteiger partial charge on any atom is 0.273 e. The van der Waals surface area contributed by atoms with Crippen molar-refractivity contribution in [3.63, 3.8) is 0 Å². The van der Waals surface area contributed by atoms with E-state index in [1.807, 2.05) is 39.8 Å². The second-order valence-corrected chi connectivity index (χ2v) is 8.00. The molecular formula is C21H25N7O2. The fourth-order valence-corrected chi connectivity index (χ4v) is 3.73. The van der Waals surface area contributed by atoms with E-state index in [9.17, 15) is 4.79 Å². The van der Waals surface area contributed by atoms with E-state index >= 15 is 0 Å². The van der Waals surface area contributed by atoms with Gasteiger partial charge in [-0.15, -0.1) is 5.10 Å². The molecule has 1 aromatic carbocycles. The Kier molecular flexibility index (Phi) is 4.96. The summed E-state index contributed by atoms with van der Waals surface area (Å²) in [5, 5.41) is 15.5. The van der Waals surface area contributed by atoms with E-state index in [1.54, 1.807) is 19.5 Å². The summed E-state index contributed by atoms with van der Waals surface area (Å²) < 4.78 is 8.85. The maximum atomic E-state index is 12.4. The number of rotatable bonds is 8. The van der Waals surface area contributed by atoms with Gasteiger partial charge in [0.05, 0.1) is 32.1 Å². The second kappa shape index (κ2) is 7.91. The summed E-state index contributed by atoms with van der Waals surface area (Å²) in [5.41, 5.74) is 2.41. The molecule has 1 saturated carbocycles. The Morgan fingerprint density at radius 2 is 1.93 bits per heavy atom. The highest BCUT2D eigenvalue weighted by atomic mass is 16.5. The Balaban J connectivity index is 1.11. The van der Waals surface area contributed by atoms with Crippen LogP contribution in [0.2, 0.25) is 0 Å². The minimum absolute atomic E-state index is 0.220. The van der Waals surface area contributed by atoms with Crippen LogP contribution < -0.4 is 10.1 Å². The number of hydrogen-bond acceptors (Lipinski definition) is 6. The van der Waals surface area contributed by atoms with Crippen LogP contribution >= 0.6 is 0 Å². The lowest BCUT2D eigenvalue weighted by Crippen LogP contribution is -2.48. The van der Waals surface area contributed by atoms with Gasteiger partial charge in [0.25, 0.3) is 5.91 Å². The molecule has 9 heteroatoms. The number of methoxy groups -OCH3 is 1. The van der Waals surface area contributed by atoms with E-state index in [2.05, 4.69) is 25.6 Å². The van der Waals surface area contributed by atoms with Gasteiger partial charge in [-0.2, -0.15) is 5.10 Å². The number of carbonyl (C=O) groups is 1. The first-order valence-corrected chi connectivity index (χ1v) is 10.3. The van der Waals surface area contributed by atoms with Crippen molar-refractivity contribution in [1.82, 2.24) is 35.0 Å². The molecule has 1 aliphatic carbocycles. The lowest BCUT2D eigenvalue weighted by atomic mass is 10.1. The van der Waals surface area contributed by atoms with Crippen LogP contribution in [-0.2, 0) is 13.1 Å². The molecule has 2 fully saturated rings. The number of carbonyl (C=O) groups excluding carboxylic acids is 1. The fourth-order valence-electron chi connectivity index (χ4n) is 3.73. The van der Waals surface area contributed by atoms with Crippen molar-refractivity contribution >= 4 is 5.91 Å². The molecule has 2 aromatic heterocycles. The summed E-state index contributed by atoms with van der Waals surface area (Å²) in [6.07, 6.45) is 8.07. The monoisotopic (exact) mass is 407 g/mol. The predicted molar refractivity (Wildman–Crippen MR) is 109 cm³/mol. The van der Waals surface area contributed by atoms with E-state index < -0.39 is 0 Å². The van der Waals surface area contributed by atoms with Crippen molar-refractivity contribution in [3.8, 4) is 5.75 Å². The quantitative estimate of drug-likeness (QED) is 0.608. The van der Waals surface area contributed by atoms with Gasteiger partial charge in [-0.25, -0.2) is 4.68 Å². The van der Waals surface area contributed by atoms with Gasteiger partial charge in [0.15, 0.2) is 5.69 Å². The SMILES string of the molecule is COc1ccc(Cn2cc(CNC(=O)c3cn(C4CN(C5CC5)C4)nn3)cn2)cc1. The van der Waals surface area contributed by atoms with Gasteiger partial charge in [-0.3, -0.25) is 14.4 Å². The van der Waals surface area contributed by atoms with Crippen LogP contribution in [0.3, 0.4) is 0 Å². The number of aromatic nitrogens is 5. The minimum Gasteiger partial charge on any atom is -0.497 e. The molecule has 0 unspecified atom stereocenters. The maximum absolute atomic E-state index is 12.4. The summed E-state index contributed by atoms with van der Waals surface area (Å²) in [5.74, 6) is 0.611. The summed E-state index contributed by atoms with van der Waals surface area (Å²) >= 11 is 0. The van der Waals surface area contributed by atoms with E-state index in [-0.39, 0.29) is 5.91 Å². The van der Waals surface area contributed by atoms with Gasteiger partial charge in [0, 0.05) is 37.4 Å². The van der Waals surface area contributed by atoms with E-state index in [0.717, 1.165) is 36.0 Å². The Bertz CT molecular complexity index is 1020. The molecule has 3 heterocycles. The van der Waals surface area contributed by atoms with Crippen LogP contribution in [0.1, 0.15) is 40.5 Å². The number of nitrogens with one attached hydrogen (secondary N) is 1. The van der Waals surface area contributed by atoms with Crippen LogP contribution in [0.4, 0.5) is 0 Å². The highest BCUT2D eigenvalue weighted by Crippen LogP contribution is 2.34. The minimum atomic E-state index is -0.220. The molecule has 156 valence electrons. The van der Waals surface area contributed by atoms with Crippen molar-refractivity contribution < 1.29 is 9.53 Å². The lowest BCUT2D eigenvalue weighted by molar-refractivity contribution is 0.0888. The first-order chi connectivity index (χ1) is 14.7. The zero-order valence-corrected chi connectivity index (χ0v) is 16.9. The molecule has 30 heavy (non-hydrogen) atoms. The number of likely N-dealkylation sites (tertiary alicyclic amines) is 1. The second-order valence-electron chi connectivity index (χ2n) is 8.00. The molecule has 5 rings (SSSR count). The largest absolute Gasteiger partial charge is 0.497 e. The third kappa shape index (κ3) is 4.06. The average molecular weight is 407 g/mol. The van der Waals surface area contributed by atoms with E-state index in [1.165, 1.54) is 12.8 Å². The van der Waals surface area contributed by atoms with Crippen molar-refractivity contribution in [3.05, 3.63) is 59.7 Å². The number of amides is 1. The van der Waals surface area contributed by atoms with Crippen LogP contribution in [0.25, 0.3) is 0 Å². The van der Waals surface area contributed by atoms with Gasteiger partial charge in [0.1, 0.15) is 5.75 Å². The number of ether oxygens (including phenoxy) is 1. The highest BCUT2D eigenvalue weighted by Gasteiger charge is 2.39. The first-order valence-electron chi connectivity index (χ1n) is 10.3. The average Bonchev–Trinajstić information content (AvgIpc) is 3.25. The van der Waals surface area contributed by atoms with Crippen molar-refractivity contribution in [2.45, 2.75) is 38.0 Å². The fraction of sp³-hybridized carbons (Fsp3) is 0.429. The third-order valence-corrected chi connectivity index (χ3v) is 5.71. The third-order valence-electron chi connectivity index (χ3n) is 5.71. The topological polar surface area (TPSA) is 90.1 Å². The van der Waals surface area contributed by atoms with Crippen LogP contribution in [0, 0.1) is 0 Å². The van der Waals surface area contributed by atoms with Crippen molar-refractivity contribution in [2.75, 3.05) is 20.2 Å².